The molecule has 1 aliphatic heterocycles. The van der Waals surface area contributed by atoms with E-state index in [4.69, 9.17) is 9.47 Å². The van der Waals surface area contributed by atoms with Gasteiger partial charge in [0.15, 0.2) is 0 Å². The van der Waals surface area contributed by atoms with Crippen LogP contribution in [-0.4, -0.2) is 62.3 Å². The standard InChI is InChI=1S/C19H25N3O3.ClH/c1-4-24-14-6-7-17-15(12-14)18(22-10-8-21(3)9-11-22)16(13-20-17)19(23)25-5-2;/h6-7,12-13H,4-5,8-11H2,1-3H3;1H/p-1. The van der Waals surface area contributed by atoms with Gasteiger partial charge in [-0.05, 0) is 39.1 Å². The summed E-state index contributed by atoms with van der Waals surface area (Å²) in [5.74, 6) is 0.459. The van der Waals surface area contributed by atoms with Gasteiger partial charge in [-0.2, -0.15) is 0 Å². The van der Waals surface area contributed by atoms with Crippen LogP contribution in [-0.2, 0) is 4.74 Å². The minimum Gasteiger partial charge on any atom is -1.00 e. The zero-order chi connectivity index (χ0) is 17.8. The number of anilines is 1. The Morgan fingerprint density at radius 1 is 1.15 bits per heavy atom. The Hall–Kier alpha value is -2.05. The summed E-state index contributed by atoms with van der Waals surface area (Å²) in [4.78, 5) is 21.5. The van der Waals surface area contributed by atoms with Gasteiger partial charge in [-0.15, -0.1) is 0 Å². The molecule has 2 heterocycles. The third kappa shape index (κ3) is 4.19. The minimum absolute atomic E-state index is 0. The van der Waals surface area contributed by atoms with E-state index in [0.717, 1.165) is 48.5 Å². The summed E-state index contributed by atoms with van der Waals surface area (Å²) in [5.41, 5.74) is 2.27. The lowest BCUT2D eigenvalue weighted by Crippen LogP contribution is -3.00. The number of ether oxygens (including phenoxy) is 2. The van der Waals surface area contributed by atoms with Gasteiger partial charge in [-0.1, -0.05) is 0 Å². The first kappa shape index (κ1) is 20.3. The topological polar surface area (TPSA) is 54.9 Å². The maximum Gasteiger partial charge on any atom is 0.341 e. The summed E-state index contributed by atoms with van der Waals surface area (Å²) in [7, 11) is 2.11. The number of hydrogen-bond acceptors (Lipinski definition) is 6. The Morgan fingerprint density at radius 3 is 2.54 bits per heavy atom. The smallest absolute Gasteiger partial charge is 0.341 e. The van der Waals surface area contributed by atoms with Crippen molar-refractivity contribution in [1.29, 1.82) is 0 Å². The highest BCUT2D eigenvalue weighted by Gasteiger charge is 2.24. The SMILES string of the molecule is CCOC(=O)c1cnc2ccc(OCC)cc2c1N1CCN(C)CC1.[Cl-]. The van der Waals surface area contributed by atoms with Gasteiger partial charge < -0.3 is 31.7 Å². The number of esters is 1. The second-order valence-electron chi connectivity index (χ2n) is 6.14. The van der Waals surface area contributed by atoms with E-state index in [9.17, 15) is 4.79 Å². The van der Waals surface area contributed by atoms with Crippen LogP contribution in [0.4, 0.5) is 5.69 Å². The molecule has 1 aromatic heterocycles. The molecule has 0 aliphatic carbocycles. The summed E-state index contributed by atoms with van der Waals surface area (Å²) < 4.78 is 10.9. The summed E-state index contributed by atoms with van der Waals surface area (Å²) in [6.45, 7) is 8.35. The van der Waals surface area contributed by atoms with Crippen molar-refractivity contribution < 1.29 is 26.7 Å². The van der Waals surface area contributed by atoms with Gasteiger partial charge in [0.25, 0.3) is 0 Å². The van der Waals surface area contributed by atoms with Crippen LogP contribution < -0.4 is 22.0 Å². The van der Waals surface area contributed by atoms with Crippen LogP contribution in [0.25, 0.3) is 10.9 Å². The lowest BCUT2D eigenvalue weighted by atomic mass is 10.1. The Labute approximate surface area is 160 Å². The number of nitrogens with zero attached hydrogens (tertiary/aromatic N) is 3. The maximum atomic E-state index is 12.5. The molecule has 1 fully saturated rings. The molecule has 1 saturated heterocycles. The molecule has 0 amide bonds. The van der Waals surface area contributed by atoms with Crippen molar-refractivity contribution in [3.05, 3.63) is 30.0 Å². The van der Waals surface area contributed by atoms with Crippen LogP contribution >= 0.6 is 0 Å². The molecule has 26 heavy (non-hydrogen) atoms. The largest absolute Gasteiger partial charge is 1.00 e. The molecule has 0 unspecified atom stereocenters. The number of carbonyl (C=O) groups is 1. The first-order chi connectivity index (χ1) is 12.1. The second-order valence-corrected chi connectivity index (χ2v) is 6.14. The average molecular weight is 379 g/mol. The van der Waals surface area contributed by atoms with E-state index < -0.39 is 0 Å². The molecule has 1 aromatic carbocycles. The third-order valence-corrected chi connectivity index (χ3v) is 4.44. The molecular formula is C19H25ClN3O3-. The van der Waals surface area contributed by atoms with E-state index in [0.29, 0.717) is 18.8 Å². The van der Waals surface area contributed by atoms with E-state index >= 15 is 0 Å². The Kier molecular flexibility index (Phi) is 7.06. The molecule has 142 valence electrons. The van der Waals surface area contributed by atoms with Gasteiger partial charge in [-0.3, -0.25) is 4.98 Å². The van der Waals surface area contributed by atoms with Crippen molar-refractivity contribution in [2.24, 2.45) is 0 Å². The van der Waals surface area contributed by atoms with Crippen LogP contribution in [0.5, 0.6) is 5.75 Å². The fraction of sp³-hybridized carbons (Fsp3) is 0.474. The van der Waals surface area contributed by atoms with Crippen molar-refractivity contribution in [2.75, 3.05) is 51.3 Å². The highest BCUT2D eigenvalue weighted by Crippen LogP contribution is 2.33. The van der Waals surface area contributed by atoms with Gasteiger partial charge in [0.05, 0.1) is 24.4 Å². The number of hydrogen-bond donors (Lipinski definition) is 0. The Balaban J connectivity index is 0.00000243. The van der Waals surface area contributed by atoms with E-state index in [-0.39, 0.29) is 18.4 Å². The van der Waals surface area contributed by atoms with Crippen molar-refractivity contribution in [3.63, 3.8) is 0 Å². The van der Waals surface area contributed by atoms with Crippen LogP contribution in [0.2, 0.25) is 0 Å². The zero-order valence-electron chi connectivity index (χ0n) is 15.5. The molecule has 0 bridgehead atoms. The van der Waals surface area contributed by atoms with E-state index in [1.807, 2.05) is 32.0 Å². The van der Waals surface area contributed by atoms with Gasteiger partial charge in [0.2, 0.25) is 0 Å². The number of likely N-dealkylation sites (N-methyl/N-ethyl adjacent to an activating group) is 1. The summed E-state index contributed by atoms with van der Waals surface area (Å²) >= 11 is 0. The molecule has 0 spiro atoms. The van der Waals surface area contributed by atoms with Crippen LogP contribution in [0.3, 0.4) is 0 Å². The molecule has 1 aliphatic rings. The molecule has 7 heteroatoms. The molecular weight excluding hydrogens is 354 g/mol. The van der Waals surface area contributed by atoms with Gasteiger partial charge in [0.1, 0.15) is 11.3 Å². The molecule has 0 radical (unpaired) electrons. The monoisotopic (exact) mass is 378 g/mol. The number of aromatic nitrogens is 1. The predicted octanol–water partition coefficient (Wildman–Crippen LogP) is -0.434. The molecule has 6 nitrogen and oxygen atoms in total. The number of halogens is 1. The highest BCUT2D eigenvalue weighted by molar-refractivity contribution is 6.05. The number of rotatable bonds is 5. The predicted molar refractivity (Wildman–Crippen MR) is 98.6 cm³/mol. The Bertz CT molecular complexity index is 761. The summed E-state index contributed by atoms with van der Waals surface area (Å²) in [6.07, 6.45) is 1.63. The average Bonchev–Trinajstić information content (AvgIpc) is 2.62. The fourth-order valence-corrected chi connectivity index (χ4v) is 3.14. The number of carbonyl (C=O) groups excluding carboxylic acids is 1. The lowest BCUT2D eigenvalue weighted by molar-refractivity contribution is -0.0000239. The van der Waals surface area contributed by atoms with E-state index in [2.05, 4.69) is 21.8 Å². The van der Waals surface area contributed by atoms with E-state index in [1.165, 1.54) is 0 Å². The van der Waals surface area contributed by atoms with Crippen LogP contribution in [0, 0.1) is 0 Å². The first-order valence-corrected chi connectivity index (χ1v) is 8.80. The van der Waals surface area contributed by atoms with Crippen molar-refractivity contribution >= 4 is 22.6 Å². The maximum absolute atomic E-state index is 12.5. The third-order valence-electron chi connectivity index (χ3n) is 4.44. The van der Waals surface area contributed by atoms with Gasteiger partial charge in [0, 0.05) is 37.8 Å². The molecule has 3 rings (SSSR count). The Morgan fingerprint density at radius 2 is 1.88 bits per heavy atom. The van der Waals surface area contributed by atoms with Crippen LogP contribution in [0.15, 0.2) is 24.4 Å². The normalized spacial score (nSPS) is 14.8. The number of piperazine rings is 1. The van der Waals surface area contributed by atoms with Crippen molar-refractivity contribution in [3.8, 4) is 5.75 Å². The summed E-state index contributed by atoms with van der Waals surface area (Å²) in [5, 5.41) is 0.932. The molecule has 2 aromatic rings. The number of fused-ring (bicyclic) bond motifs is 1. The van der Waals surface area contributed by atoms with E-state index in [1.54, 1.807) is 6.20 Å². The highest BCUT2D eigenvalue weighted by atomic mass is 35.5. The second kappa shape index (κ2) is 9.05. The quantitative estimate of drug-likeness (QED) is 0.658. The first-order valence-electron chi connectivity index (χ1n) is 8.80. The summed E-state index contributed by atoms with van der Waals surface area (Å²) in [6, 6.07) is 5.83. The molecule has 0 atom stereocenters. The van der Waals surface area contributed by atoms with Gasteiger partial charge in [-0.25, -0.2) is 4.79 Å². The fourth-order valence-electron chi connectivity index (χ4n) is 3.14. The van der Waals surface area contributed by atoms with Crippen LogP contribution in [0.1, 0.15) is 24.2 Å². The van der Waals surface area contributed by atoms with Crippen molar-refractivity contribution in [2.45, 2.75) is 13.8 Å². The minimum atomic E-state index is -0.326. The number of pyridine rings is 1. The lowest BCUT2D eigenvalue weighted by Gasteiger charge is -2.35. The number of benzene rings is 1. The van der Waals surface area contributed by atoms with Gasteiger partial charge >= 0.3 is 5.97 Å². The van der Waals surface area contributed by atoms with Crippen molar-refractivity contribution in [1.82, 2.24) is 9.88 Å². The zero-order valence-corrected chi connectivity index (χ0v) is 16.3. The molecule has 0 N–H and O–H groups in total. The molecule has 0 saturated carbocycles.